The Hall–Kier alpha value is -5.26. The summed E-state index contributed by atoms with van der Waals surface area (Å²) in [6, 6.07) is 47.3. The van der Waals surface area contributed by atoms with Crippen LogP contribution >= 0.6 is 0 Å². The van der Waals surface area contributed by atoms with E-state index in [4.69, 9.17) is 4.98 Å². The Balaban J connectivity index is 1.27. The summed E-state index contributed by atoms with van der Waals surface area (Å²) in [5.41, 5.74) is 9.87. The third kappa shape index (κ3) is 5.20. The summed E-state index contributed by atoms with van der Waals surface area (Å²) in [6.45, 7) is 14.0. The molecule has 0 fully saturated rings. The molecule has 0 atom stereocenters. The summed E-state index contributed by atoms with van der Waals surface area (Å²) < 4.78 is 7.08. The normalized spacial score (nSPS) is 12.2. The lowest BCUT2D eigenvalue weighted by molar-refractivity contribution is -0.691. The molecule has 242 valence electrons. The molecule has 4 nitrogen and oxygen atoms in total. The molecule has 3 aromatic heterocycles. The first-order chi connectivity index (χ1) is 23.7. The van der Waals surface area contributed by atoms with Gasteiger partial charge < -0.3 is 0 Å². The molecular formula is C44H43N4Si+. The molecular weight excluding hydrogens is 613 g/mol. The maximum Gasteiger partial charge on any atom is 0.250 e. The Bertz CT molecular complexity index is 2500. The second-order valence-corrected chi connectivity index (χ2v) is 18.8. The topological polar surface area (TPSA) is 26.6 Å². The first-order valence-corrected chi connectivity index (χ1v) is 20.4. The fraction of sp³-hybridized carbons (Fsp3) is 0.182. The van der Waals surface area contributed by atoms with Crippen molar-refractivity contribution >= 4 is 51.3 Å². The van der Waals surface area contributed by atoms with Gasteiger partial charge in [0.05, 0.1) is 17.1 Å². The number of rotatable bonds is 7. The van der Waals surface area contributed by atoms with Crippen molar-refractivity contribution in [2.75, 3.05) is 0 Å². The van der Waals surface area contributed by atoms with E-state index in [1.54, 1.807) is 0 Å². The fourth-order valence-corrected chi connectivity index (χ4v) is 9.89. The number of imidazole rings is 1. The molecule has 0 aliphatic rings. The number of nitrogens with zero attached hydrogens (tertiary/aromatic N) is 4. The highest BCUT2D eigenvalue weighted by Gasteiger charge is 2.29. The molecule has 0 radical (unpaired) electrons. The van der Waals surface area contributed by atoms with Crippen LogP contribution in [0.4, 0.5) is 0 Å². The monoisotopic (exact) mass is 655 g/mol. The molecule has 0 aliphatic heterocycles. The van der Waals surface area contributed by atoms with Gasteiger partial charge in [-0.05, 0) is 85.0 Å². The SMILES string of the molecule is CC(C)c1ccccc1-c1ccnc(-n2c3ccccc3c3ccc([Si](C)(C)c4cccc(-n5c[n+](C(C)C)c6ccccc65)c4)cc32)c1. The number of benzene rings is 5. The van der Waals surface area contributed by atoms with Crippen LogP contribution in [0.2, 0.25) is 13.1 Å². The molecule has 0 saturated heterocycles. The lowest BCUT2D eigenvalue weighted by atomic mass is 9.93. The third-order valence-corrected chi connectivity index (χ3v) is 13.8. The van der Waals surface area contributed by atoms with Crippen molar-refractivity contribution in [3.63, 3.8) is 0 Å². The zero-order chi connectivity index (χ0) is 33.9. The molecule has 3 heterocycles. The van der Waals surface area contributed by atoms with Crippen molar-refractivity contribution < 1.29 is 4.57 Å². The van der Waals surface area contributed by atoms with Gasteiger partial charge in [0.25, 0.3) is 0 Å². The van der Waals surface area contributed by atoms with Gasteiger partial charge in [-0.2, -0.15) is 4.57 Å². The van der Waals surface area contributed by atoms with Crippen LogP contribution in [0.1, 0.15) is 45.2 Å². The van der Waals surface area contributed by atoms with E-state index in [1.165, 1.54) is 65.6 Å². The van der Waals surface area contributed by atoms with Crippen LogP contribution in [0.25, 0.3) is 55.5 Å². The highest BCUT2D eigenvalue weighted by molar-refractivity contribution is 7.00. The number of para-hydroxylation sites is 3. The van der Waals surface area contributed by atoms with E-state index < -0.39 is 8.07 Å². The Kier molecular flexibility index (Phi) is 7.60. The molecule has 5 heteroatoms. The van der Waals surface area contributed by atoms with Crippen molar-refractivity contribution in [1.29, 1.82) is 0 Å². The summed E-state index contributed by atoms with van der Waals surface area (Å²) in [5.74, 6) is 1.38. The Morgan fingerprint density at radius 2 is 1.35 bits per heavy atom. The number of hydrogen-bond donors (Lipinski definition) is 0. The van der Waals surface area contributed by atoms with Crippen molar-refractivity contribution in [2.24, 2.45) is 0 Å². The van der Waals surface area contributed by atoms with E-state index in [9.17, 15) is 0 Å². The van der Waals surface area contributed by atoms with Gasteiger partial charge >= 0.3 is 0 Å². The Labute approximate surface area is 289 Å². The Morgan fingerprint density at radius 1 is 0.633 bits per heavy atom. The number of aromatic nitrogens is 4. The van der Waals surface area contributed by atoms with E-state index >= 15 is 0 Å². The fourth-order valence-electron chi connectivity index (χ4n) is 7.54. The van der Waals surface area contributed by atoms with Gasteiger partial charge in [0.2, 0.25) is 6.33 Å². The molecule has 8 aromatic rings. The Morgan fingerprint density at radius 3 is 2.16 bits per heavy atom. The van der Waals surface area contributed by atoms with Crippen molar-refractivity contribution in [3.05, 3.63) is 145 Å². The van der Waals surface area contributed by atoms with Crippen molar-refractivity contribution in [3.8, 4) is 22.6 Å². The summed E-state index contributed by atoms with van der Waals surface area (Å²) >= 11 is 0. The van der Waals surface area contributed by atoms with Crippen LogP contribution in [-0.4, -0.2) is 22.2 Å². The zero-order valence-electron chi connectivity index (χ0n) is 29.2. The largest absolute Gasteiger partial charge is 0.294 e. The van der Waals surface area contributed by atoms with E-state index in [-0.39, 0.29) is 0 Å². The molecule has 0 N–H and O–H groups in total. The van der Waals surface area contributed by atoms with Crippen molar-refractivity contribution in [2.45, 2.75) is 52.7 Å². The van der Waals surface area contributed by atoms with Crippen LogP contribution in [0.5, 0.6) is 0 Å². The first-order valence-electron chi connectivity index (χ1n) is 17.4. The number of fused-ring (bicyclic) bond motifs is 4. The van der Waals surface area contributed by atoms with Crippen LogP contribution in [0.15, 0.2) is 140 Å². The second-order valence-electron chi connectivity index (χ2n) is 14.4. The summed E-state index contributed by atoms with van der Waals surface area (Å²) in [4.78, 5) is 4.99. The molecule has 8 rings (SSSR count). The second kappa shape index (κ2) is 12.0. The van der Waals surface area contributed by atoms with Gasteiger partial charge in [0.15, 0.2) is 11.0 Å². The van der Waals surface area contributed by atoms with Crippen LogP contribution in [0, 0.1) is 0 Å². The van der Waals surface area contributed by atoms with Crippen LogP contribution < -0.4 is 14.9 Å². The minimum Gasteiger partial charge on any atom is -0.294 e. The van der Waals surface area contributed by atoms with Gasteiger partial charge in [-0.15, -0.1) is 0 Å². The molecule has 0 amide bonds. The van der Waals surface area contributed by atoms with Crippen LogP contribution in [0.3, 0.4) is 0 Å². The predicted octanol–water partition coefficient (Wildman–Crippen LogP) is 9.60. The summed E-state index contributed by atoms with van der Waals surface area (Å²) in [5, 5.41) is 5.31. The average Bonchev–Trinajstić information content (AvgIpc) is 3.68. The quantitative estimate of drug-likeness (QED) is 0.124. The minimum absolute atomic E-state index is 0.374. The lowest BCUT2D eigenvalue weighted by Gasteiger charge is -2.24. The van der Waals surface area contributed by atoms with Gasteiger partial charge in [0, 0.05) is 17.0 Å². The molecule has 0 saturated carbocycles. The smallest absolute Gasteiger partial charge is 0.250 e. The van der Waals surface area contributed by atoms with E-state index in [1.807, 2.05) is 6.20 Å². The standard InChI is InChI=1S/C44H43N4Si/c1-30(2)36-16-7-8-17-37(36)32-24-25-45-44(26-32)48-40-19-10-9-18-38(40)39-23-22-35(28-43(39)48)49(5,6)34-15-13-14-33(27-34)47-29-46(31(3)4)41-20-11-12-21-42(41)47/h7-31H,1-6H3/q+1. The van der Waals surface area contributed by atoms with Crippen LogP contribution in [-0.2, 0) is 0 Å². The molecule has 0 bridgehead atoms. The summed E-state index contributed by atoms with van der Waals surface area (Å²) in [7, 11) is -2.13. The number of hydrogen-bond acceptors (Lipinski definition) is 1. The molecule has 5 aromatic carbocycles. The molecule has 0 unspecified atom stereocenters. The average molecular weight is 656 g/mol. The van der Waals surface area contributed by atoms with Gasteiger partial charge in [-0.25, -0.2) is 9.55 Å². The zero-order valence-corrected chi connectivity index (χ0v) is 30.2. The number of pyridine rings is 1. The maximum absolute atomic E-state index is 4.99. The minimum atomic E-state index is -2.13. The van der Waals surface area contributed by atoms with Gasteiger partial charge in [0.1, 0.15) is 19.6 Å². The highest BCUT2D eigenvalue weighted by atomic mass is 28.3. The lowest BCUT2D eigenvalue weighted by Crippen LogP contribution is -2.52. The van der Waals surface area contributed by atoms with Gasteiger partial charge in [-0.3, -0.25) is 4.57 Å². The third-order valence-electron chi connectivity index (χ3n) is 10.3. The first kappa shape index (κ1) is 31.0. The maximum atomic E-state index is 4.99. The molecule has 0 aliphatic carbocycles. The summed E-state index contributed by atoms with van der Waals surface area (Å²) in [6.07, 6.45) is 4.22. The van der Waals surface area contributed by atoms with Crippen molar-refractivity contribution in [1.82, 2.24) is 14.1 Å². The predicted molar refractivity (Wildman–Crippen MR) is 209 cm³/mol. The molecule has 0 spiro atoms. The van der Waals surface area contributed by atoms with E-state index in [0.717, 1.165) is 5.82 Å². The molecule has 49 heavy (non-hydrogen) atoms. The van der Waals surface area contributed by atoms with E-state index in [0.29, 0.717) is 12.0 Å². The van der Waals surface area contributed by atoms with E-state index in [2.05, 4.69) is 188 Å². The van der Waals surface area contributed by atoms with Gasteiger partial charge in [-0.1, -0.05) is 116 Å². The highest BCUT2D eigenvalue weighted by Crippen LogP contribution is 2.34.